The molecule has 2 rings (SSSR count). The zero-order valence-electron chi connectivity index (χ0n) is 14.2. The lowest BCUT2D eigenvalue weighted by Crippen LogP contribution is -2.40. The average Bonchev–Trinajstić information content (AvgIpc) is 3.30. The molecule has 118 valence electrons. The third kappa shape index (κ3) is 5.12. The minimum atomic E-state index is 0.446. The maximum absolute atomic E-state index is 3.67. The minimum Gasteiger partial charge on any atom is -0.309 e. The molecule has 21 heavy (non-hydrogen) atoms. The Hall–Kier alpha value is -0.860. The highest BCUT2D eigenvalue weighted by atomic mass is 15.2. The maximum Gasteiger partial charge on any atom is 0.0449 e. The van der Waals surface area contributed by atoms with E-state index in [-0.39, 0.29) is 0 Å². The number of nitrogens with one attached hydrogen (secondary N) is 1. The SMILES string of the molecule is CCNC(CN(CC1CC1)C(C)C)c1ccc(CC)cc1. The highest BCUT2D eigenvalue weighted by Crippen LogP contribution is 2.31. The highest BCUT2D eigenvalue weighted by molar-refractivity contribution is 5.25. The van der Waals surface area contributed by atoms with Gasteiger partial charge in [-0.3, -0.25) is 4.90 Å². The van der Waals surface area contributed by atoms with E-state index in [0.29, 0.717) is 12.1 Å². The van der Waals surface area contributed by atoms with Gasteiger partial charge in [0.25, 0.3) is 0 Å². The first-order valence-corrected chi connectivity index (χ1v) is 8.70. The van der Waals surface area contributed by atoms with E-state index in [4.69, 9.17) is 0 Å². The summed E-state index contributed by atoms with van der Waals surface area (Å²) in [6, 6.07) is 10.2. The molecule has 1 aliphatic rings. The predicted octanol–water partition coefficient (Wildman–Crippen LogP) is 4.02. The Balaban J connectivity index is 2.04. The lowest BCUT2D eigenvalue weighted by Gasteiger charge is -2.31. The van der Waals surface area contributed by atoms with Gasteiger partial charge in [-0.05, 0) is 56.7 Å². The fraction of sp³-hybridized carbons (Fsp3) is 0.684. The molecular formula is C19H32N2. The third-order valence-corrected chi connectivity index (χ3v) is 4.58. The van der Waals surface area contributed by atoms with Crippen molar-refractivity contribution in [1.82, 2.24) is 10.2 Å². The minimum absolute atomic E-state index is 0.446. The topological polar surface area (TPSA) is 15.3 Å². The molecule has 2 heteroatoms. The molecule has 0 radical (unpaired) electrons. The van der Waals surface area contributed by atoms with Crippen molar-refractivity contribution in [2.24, 2.45) is 5.92 Å². The van der Waals surface area contributed by atoms with E-state index in [2.05, 4.69) is 62.2 Å². The van der Waals surface area contributed by atoms with Crippen LogP contribution in [0.5, 0.6) is 0 Å². The second-order valence-electron chi connectivity index (χ2n) is 6.70. The molecule has 1 N–H and O–H groups in total. The molecule has 0 saturated heterocycles. The van der Waals surface area contributed by atoms with Gasteiger partial charge in [-0.15, -0.1) is 0 Å². The summed E-state index contributed by atoms with van der Waals surface area (Å²) >= 11 is 0. The van der Waals surface area contributed by atoms with Crippen LogP contribution < -0.4 is 5.32 Å². The fourth-order valence-corrected chi connectivity index (χ4v) is 2.88. The predicted molar refractivity (Wildman–Crippen MR) is 91.7 cm³/mol. The normalized spacial score (nSPS) is 16.7. The Kier molecular flexibility index (Phi) is 6.25. The summed E-state index contributed by atoms with van der Waals surface area (Å²) in [6.07, 6.45) is 3.98. The fourth-order valence-electron chi connectivity index (χ4n) is 2.88. The van der Waals surface area contributed by atoms with E-state index in [9.17, 15) is 0 Å². The van der Waals surface area contributed by atoms with Gasteiger partial charge in [0.15, 0.2) is 0 Å². The molecule has 0 bridgehead atoms. The number of hydrogen-bond donors (Lipinski definition) is 1. The van der Waals surface area contributed by atoms with Crippen LogP contribution in [0.2, 0.25) is 0 Å². The van der Waals surface area contributed by atoms with Gasteiger partial charge in [0.05, 0.1) is 0 Å². The van der Waals surface area contributed by atoms with E-state index in [1.54, 1.807) is 0 Å². The Morgan fingerprint density at radius 3 is 2.29 bits per heavy atom. The number of aryl methyl sites for hydroxylation is 1. The van der Waals surface area contributed by atoms with Crippen LogP contribution in [-0.4, -0.2) is 30.6 Å². The van der Waals surface area contributed by atoms with Crippen molar-refractivity contribution < 1.29 is 0 Å². The maximum atomic E-state index is 3.67. The molecule has 1 atom stereocenters. The van der Waals surface area contributed by atoms with Crippen molar-refractivity contribution in [1.29, 1.82) is 0 Å². The first kappa shape index (κ1) is 16.5. The van der Waals surface area contributed by atoms with Crippen LogP contribution in [0.3, 0.4) is 0 Å². The molecule has 1 aromatic rings. The number of hydrogen-bond acceptors (Lipinski definition) is 2. The number of benzene rings is 1. The first-order valence-electron chi connectivity index (χ1n) is 8.70. The van der Waals surface area contributed by atoms with Gasteiger partial charge < -0.3 is 5.32 Å². The van der Waals surface area contributed by atoms with E-state index in [1.165, 1.54) is 30.5 Å². The lowest BCUT2D eigenvalue weighted by molar-refractivity contribution is 0.190. The van der Waals surface area contributed by atoms with Crippen molar-refractivity contribution >= 4 is 0 Å². The van der Waals surface area contributed by atoms with Gasteiger partial charge in [0.2, 0.25) is 0 Å². The molecule has 2 nitrogen and oxygen atoms in total. The van der Waals surface area contributed by atoms with E-state index in [1.807, 2.05) is 0 Å². The molecule has 0 aromatic heterocycles. The highest BCUT2D eigenvalue weighted by Gasteiger charge is 2.27. The first-order chi connectivity index (χ1) is 10.1. The average molecular weight is 288 g/mol. The second-order valence-corrected chi connectivity index (χ2v) is 6.70. The monoisotopic (exact) mass is 288 g/mol. The summed E-state index contributed by atoms with van der Waals surface area (Å²) in [6.45, 7) is 12.5. The second kappa shape index (κ2) is 7.95. The largest absolute Gasteiger partial charge is 0.309 e. The molecule has 1 aliphatic carbocycles. The Morgan fingerprint density at radius 1 is 1.14 bits per heavy atom. The molecule has 1 aromatic carbocycles. The van der Waals surface area contributed by atoms with Gasteiger partial charge in [0.1, 0.15) is 0 Å². The van der Waals surface area contributed by atoms with Crippen molar-refractivity contribution in [3.05, 3.63) is 35.4 Å². The van der Waals surface area contributed by atoms with E-state index in [0.717, 1.165) is 25.4 Å². The number of rotatable bonds is 9. The number of likely N-dealkylation sites (N-methyl/N-ethyl adjacent to an activating group) is 1. The molecule has 1 unspecified atom stereocenters. The van der Waals surface area contributed by atoms with Crippen molar-refractivity contribution in [2.45, 2.75) is 59.0 Å². The molecule has 1 fully saturated rings. The quantitative estimate of drug-likeness (QED) is 0.738. The Bertz CT molecular complexity index is 406. The van der Waals surface area contributed by atoms with Crippen molar-refractivity contribution in [2.75, 3.05) is 19.6 Å². The smallest absolute Gasteiger partial charge is 0.0449 e. The van der Waals surface area contributed by atoms with Crippen LogP contribution in [0.25, 0.3) is 0 Å². The molecule has 0 heterocycles. The van der Waals surface area contributed by atoms with Crippen LogP contribution in [0.4, 0.5) is 0 Å². The summed E-state index contributed by atoms with van der Waals surface area (Å²) < 4.78 is 0. The summed E-state index contributed by atoms with van der Waals surface area (Å²) in [5, 5.41) is 3.67. The van der Waals surface area contributed by atoms with Gasteiger partial charge in [0, 0.05) is 25.2 Å². The summed E-state index contributed by atoms with van der Waals surface area (Å²) in [5.41, 5.74) is 2.85. The molecule has 0 spiro atoms. The van der Waals surface area contributed by atoms with Crippen LogP contribution in [0.1, 0.15) is 57.7 Å². The van der Waals surface area contributed by atoms with Crippen LogP contribution in [0.15, 0.2) is 24.3 Å². The summed E-state index contributed by atoms with van der Waals surface area (Å²) in [7, 11) is 0. The van der Waals surface area contributed by atoms with Gasteiger partial charge in [-0.1, -0.05) is 38.1 Å². The number of nitrogens with zero attached hydrogens (tertiary/aromatic N) is 1. The summed E-state index contributed by atoms with van der Waals surface area (Å²) in [4.78, 5) is 2.65. The Morgan fingerprint density at radius 2 is 1.81 bits per heavy atom. The van der Waals surface area contributed by atoms with Crippen LogP contribution >= 0.6 is 0 Å². The third-order valence-electron chi connectivity index (χ3n) is 4.58. The zero-order chi connectivity index (χ0) is 15.2. The van der Waals surface area contributed by atoms with Crippen LogP contribution in [-0.2, 0) is 6.42 Å². The van der Waals surface area contributed by atoms with Crippen molar-refractivity contribution in [3.8, 4) is 0 Å². The summed E-state index contributed by atoms with van der Waals surface area (Å²) in [5.74, 6) is 0.956. The lowest BCUT2D eigenvalue weighted by atomic mass is 10.0. The van der Waals surface area contributed by atoms with Gasteiger partial charge in [-0.25, -0.2) is 0 Å². The van der Waals surface area contributed by atoms with E-state index >= 15 is 0 Å². The van der Waals surface area contributed by atoms with E-state index < -0.39 is 0 Å². The molecular weight excluding hydrogens is 256 g/mol. The van der Waals surface area contributed by atoms with Gasteiger partial charge in [-0.2, -0.15) is 0 Å². The molecule has 1 saturated carbocycles. The van der Waals surface area contributed by atoms with Gasteiger partial charge >= 0.3 is 0 Å². The van der Waals surface area contributed by atoms with Crippen molar-refractivity contribution in [3.63, 3.8) is 0 Å². The van der Waals surface area contributed by atoms with Crippen LogP contribution in [0, 0.1) is 5.92 Å². The molecule has 0 aliphatic heterocycles. The standard InChI is InChI=1S/C19H32N2/c1-5-16-9-11-18(12-10-16)19(20-6-2)14-21(15(3)4)13-17-7-8-17/h9-12,15,17,19-20H,5-8,13-14H2,1-4H3. The zero-order valence-corrected chi connectivity index (χ0v) is 14.2. The molecule has 0 amide bonds. The Labute approximate surface area is 130 Å².